The Labute approximate surface area is 95.2 Å². The Kier molecular flexibility index (Phi) is 4.62. The van der Waals surface area contributed by atoms with Crippen LogP contribution in [0.2, 0.25) is 0 Å². The summed E-state index contributed by atoms with van der Waals surface area (Å²) in [6, 6.07) is 4.26. The van der Waals surface area contributed by atoms with Crippen molar-refractivity contribution in [1.29, 1.82) is 0 Å². The minimum absolute atomic E-state index is 0.0474. The van der Waals surface area contributed by atoms with E-state index in [0.29, 0.717) is 22.2 Å². The maximum Gasteiger partial charge on any atom is 0.164 e. The zero-order valence-corrected chi connectivity index (χ0v) is 10.1. The van der Waals surface area contributed by atoms with Crippen molar-refractivity contribution < 1.29 is 9.18 Å². The molecule has 1 nitrogen and oxygen atoms in total. The van der Waals surface area contributed by atoms with Crippen molar-refractivity contribution in [1.82, 2.24) is 0 Å². The van der Waals surface area contributed by atoms with Gasteiger partial charge in [0.2, 0.25) is 0 Å². The highest BCUT2D eigenvalue weighted by molar-refractivity contribution is 9.09. The van der Waals surface area contributed by atoms with Crippen LogP contribution in [0.1, 0.15) is 16.8 Å². The number of halogens is 2. The van der Waals surface area contributed by atoms with Crippen LogP contribution < -0.4 is 0 Å². The van der Waals surface area contributed by atoms with E-state index in [0.717, 1.165) is 0 Å². The third kappa shape index (κ3) is 2.82. The molecule has 0 spiro atoms. The second kappa shape index (κ2) is 5.51. The van der Waals surface area contributed by atoms with Crippen molar-refractivity contribution in [3.05, 3.63) is 29.6 Å². The number of ketones is 1. The Morgan fingerprint density at radius 1 is 1.57 bits per heavy atom. The summed E-state index contributed by atoms with van der Waals surface area (Å²) in [5.74, 6) is -0.254. The van der Waals surface area contributed by atoms with E-state index in [1.807, 2.05) is 6.26 Å². The Morgan fingerprint density at radius 2 is 2.29 bits per heavy atom. The molecule has 0 heterocycles. The quantitative estimate of drug-likeness (QED) is 0.476. The Bertz CT molecular complexity index is 341. The minimum atomic E-state index is -0.301. The van der Waals surface area contributed by atoms with Crippen LogP contribution in [0.5, 0.6) is 0 Å². The summed E-state index contributed by atoms with van der Waals surface area (Å²) in [4.78, 5) is 12.3. The van der Waals surface area contributed by atoms with Crippen molar-refractivity contribution in [2.75, 3.05) is 11.6 Å². The van der Waals surface area contributed by atoms with E-state index in [4.69, 9.17) is 0 Å². The highest BCUT2D eigenvalue weighted by Gasteiger charge is 2.10. The summed E-state index contributed by atoms with van der Waals surface area (Å²) in [6.45, 7) is 0. The predicted octanol–water partition coefficient (Wildman–Crippen LogP) is 3.52. The average molecular weight is 277 g/mol. The van der Waals surface area contributed by atoms with Crippen molar-refractivity contribution in [3.63, 3.8) is 0 Å². The Morgan fingerprint density at radius 3 is 2.86 bits per heavy atom. The fourth-order valence-corrected chi connectivity index (χ4v) is 2.11. The Balaban J connectivity index is 3.01. The molecule has 1 rings (SSSR count). The molecular weight excluding hydrogens is 267 g/mol. The van der Waals surface area contributed by atoms with Gasteiger partial charge in [0, 0.05) is 22.2 Å². The molecule has 0 unspecified atom stereocenters. The number of hydrogen-bond donors (Lipinski definition) is 0. The van der Waals surface area contributed by atoms with Crippen molar-refractivity contribution >= 4 is 33.5 Å². The van der Waals surface area contributed by atoms with Crippen molar-refractivity contribution in [3.8, 4) is 0 Å². The molecule has 0 aromatic heterocycles. The van der Waals surface area contributed by atoms with Gasteiger partial charge in [-0.25, -0.2) is 4.39 Å². The molecule has 0 radical (unpaired) electrons. The number of hydrogen-bond acceptors (Lipinski definition) is 2. The largest absolute Gasteiger partial charge is 0.294 e. The first-order chi connectivity index (χ1) is 6.69. The lowest BCUT2D eigenvalue weighted by atomic mass is 10.1. The van der Waals surface area contributed by atoms with Crippen LogP contribution in [-0.2, 0) is 0 Å². The fourth-order valence-electron chi connectivity index (χ4n) is 1.12. The lowest BCUT2D eigenvalue weighted by molar-refractivity contribution is 0.0987. The lowest BCUT2D eigenvalue weighted by Gasteiger charge is -2.05. The first kappa shape index (κ1) is 11.7. The summed E-state index contributed by atoms with van der Waals surface area (Å²) in [7, 11) is 0. The van der Waals surface area contributed by atoms with Gasteiger partial charge in [-0.15, -0.1) is 11.8 Å². The van der Waals surface area contributed by atoms with Gasteiger partial charge in [0.1, 0.15) is 5.82 Å². The molecule has 76 valence electrons. The van der Waals surface area contributed by atoms with Gasteiger partial charge in [0.25, 0.3) is 0 Å². The van der Waals surface area contributed by atoms with E-state index in [1.54, 1.807) is 6.07 Å². The third-order valence-corrected chi connectivity index (χ3v) is 2.96. The lowest BCUT2D eigenvalue weighted by Crippen LogP contribution is -2.01. The molecule has 0 aliphatic carbocycles. The number of rotatable bonds is 4. The third-order valence-electron chi connectivity index (χ3n) is 1.79. The number of thioether (sulfide) groups is 1. The van der Waals surface area contributed by atoms with E-state index < -0.39 is 0 Å². The molecule has 1 aromatic carbocycles. The summed E-state index contributed by atoms with van der Waals surface area (Å²) in [5.41, 5.74) is 0.610. The zero-order valence-electron chi connectivity index (χ0n) is 7.72. The topological polar surface area (TPSA) is 17.1 Å². The molecule has 0 amide bonds. The maximum absolute atomic E-state index is 12.8. The van der Waals surface area contributed by atoms with Crippen LogP contribution in [0.25, 0.3) is 0 Å². The van der Waals surface area contributed by atoms with Crippen molar-refractivity contribution in [2.45, 2.75) is 11.3 Å². The van der Waals surface area contributed by atoms with Gasteiger partial charge in [-0.05, 0) is 24.5 Å². The molecule has 4 heteroatoms. The van der Waals surface area contributed by atoms with Crippen LogP contribution in [-0.4, -0.2) is 17.4 Å². The second-order valence-electron chi connectivity index (χ2n) is 2.71. The molecule has 0 saturated carbocycles. The summed E-state index contributed by atoms with van der Waals surface area (Å²) >= 11 is 4.59. The molecular formula is C10H10BrFOS. The van der Waals surface area contributed by atoms with Gasteiger partial charge in [0.05, 0.1) is 0 Å². The van der Waals surface area contributed by atoms with Gasteiger partial charge in [0.15, 0.2) is 5.78 Å². The molecule has 0 aliphatic heterocycles. The maximum atomic E-state index is 12.8. The van der Waals surface area contributed by atoms with Gasteiger partial charge in [-0.3, -0.25) is 4.79 Å². The normalized spacial score (nSPS) is 10.2. The number of alkyl halides is 1. The molecule has 0 N–H and O–H groups in total. The predicted molar refractivity (Wildman–Crippen MR) is 60.9 cm³/mol. The van der Waals surface area contributed by atoms with Crippen LogP contribution >= 0.6 is 27.7 Å². The SMILES string of the molecule is CSc1cc(F)ccc1C(=O)CCBr. The highest BCUT2D eigenvalue weighted by atomic mass is 79.9. The van der Waals surface area contributed by atoms with E-state index in [1.165, 1.54) is 23.9 Å². The summed E-state index contributed by atoms with van der Waals surface area (Å²) in [5, 5.41) is 0.636. The molecule has 14 heavy (non-hydrogen) atoms. The molecule has 0 saturated heterocycles. The molecule has 0 fully saturated rings. The van der Waals surface area contributed by atoms with Gasteiger partial charge in [-0.1, -0.05) is 15.9 Å². The summed E-state index contributed by atoms with van der Waals surface area (Å²) in [6.07, 6.45) is 2.28. The first-order valence-corrected chi connectivity index (χ1v) is 6.46. The van der Waals surface area contributed by atoms with Gasteiger partial charge < -0.3 is 0 Å². The molecule has 0 aliphatic rings. The molecule has 0 atom stereocenters. The second-order valence-corrected chi connectivity index (χ2v) is 4.35. The van der Waals surface area contributed by atoms with Crippen LogP contribution in [0.3, 0.4) is 0 Å². The number of benzene rings is 1. The van der Waals surface area contributed by atoms with Gasteiger partial charge in [-0.2, -0.15) is 0 Å². The first-order valence-electron chi connectivity index (χ1n) is 4.11. The van der Waals surface area contributed by atoms with E-state index in [9.17, 15) is 9.18 Å². The summed E-state index contributed by atoms with van der Waals surface area (Å²) < 4.78 is 12.8. The fraction of sp³-hybridized carbons (Fsp3) is 0.300. The number of Topliss-reactive ketones (excluding diaryl/α,β-unsaturated/α-hetero) is 1. The smallest absolute Gasteiger partial charge is 0.164 e. The van der Waals surface area contributed by atoms with Crippen LogP contribution in [0, 0.1) is 5.82 Å². The molecule has 0 bridgehead atoms. The average Bonchev–Trinajstić information content (AvgIpc) is 2.17. The minimum Gasteiger partial charge on any atom is -0.294 e. The van der Waals surface area contributed by atoms with Crippen LogP contribution in [0.4, 0.5) is 4.39 Å². The standard InChI is InChI=1S/C10H10BrFOS/c1-14-10-6-7(12)2-3-8(10)9(13)4-5-11/h2-3,6H,4-5H2,1H3. The Hall–Kier alpha value is -0.350. The van der Waals surface area contributed by atoms with Crippen molar-refractivity contribution in [2.24, 2.45) is 0 Å². The van der Waals surface area contributed by atoms with E-state index in [-0.39, 0.29) is 11.6 Å². The monoisotopic (exact) mass is 276 g/mol. The number of carbonyl (C=O) groups excluding carboxylic acids is 1. The number of carbonyl (C=O) groups is 1. The molecule has 1 aromatic rings. The van der Waals surface area contributed by atoms with Gasteiger partial charge >= 0.3 is 0 Å². The van der Waals surface area contributed by atoms with E-state index >= 15 is 0 Å². The van der Waals surface area contributed by atoms with E-state index in [2.05, 4.69) is 15.9 Å². The zero-order chi connectivity index (χ0) is 10.6. The highest BCUT2D eigenvalue weighted by Crippen LogP contribution is 2.22. The van der Waals surface area contributed by atoms with Crippen LogP contribution in [0.15, 0.2) is 23.1 Å².